The van der Waals surface area contributed by atoms with Crippen LogP contribution in [0.4, 0.5) is 10.1 Å². The first-order chi connectivity index (χ1) is 8.49. The lowest BCUT2D eigenvalue weighted by molar-refractivity contribution is -0.115. The normalized spacial score (nSPS) is 15.6. The van der Waals surface area contributed by atoms with Crippen LogP contribution in [0.3, 0.4) is 0 Å². The second kappa shape index (κ2) is 4.94. The SMILES string of the molecule is CC(Cl)C(=O)Nc1cc2c(cc1F)CCNC2=O. The zero-order chi connectivity index (χ0) is 13.3. The van der Waals surface area contributed by atoms with Crippen LogP contribution in [0.1, 0.15) is 22.8 Å². The van der Waals surface area contributed by atoms with Crippen LogP contribution in [-0.2, 0) is 11.2 Å². The Morgan fingerprint density at radius 1 is 1.56 bits per heavy atom. The van der Waals surface area contributed by atoms with Gasteiger partial charge in [-0.3, -0.25) is 9.59 Å². The Bertz CT molecular complexity index is 517. The Labute approximate surface area is 109 Å². The van der Waals surface area contributed by atoms with Gasteiger partial charge in [-0.2, -0.15) is 0 Å². The summed E-state index contributed by atoms with van der Waals surface area (Å²) >= 11 is 5.59. The number of hydrogen-bond acceptors (Lipinski definition) is 2. The molecule has 0 saturated heterocycles. The zero-order valence-corrected chi connectivity index (χ0v) is 10.5. The summed E-state index contributed by atoms with van der Waals surface area (Å²) in [5, 5.41) is 4.25. The van der Waals surface area contributed by atoms with Crippen molar-refractivity contribution < 1.29 is 14.0 Å². The molecule has 0 aromatic heterocycles. The standard InChI is InChI=1S/C12H12ClFN2O2/c1-6(13)11(17)16-10-5-8-7(4-9(10)14)2-3-15-12(8)18/h4-6H,2-3H2,1H3,(H,15,18)(H,16,17). The van der Waals surface area contributed by atoms with Crippen LogP contribution in [0.15, 0.2) is 12.1 Å². The van der Waals surface area contributed by atoms with Gasteiger partial charge in [-0.1, -0.05) is 0 Å². The Kier molecular flexibility index (Phi) is 3.52. The molecule has 0 saturated carbocycles. The van der Waals surface area contributed by atoms with E-state index < -0.39 is 17.1 Å². The first kappa shape index (κ1) is 12.8. The number of halogens is 2. The van der Waals surface area contributed by atoms with Gasteiger partial charge in [-0.15, -0.1) is 11.6 Å². The van der Waals surface area contributed by atoms with Crippen LogP contribution in [0, 0.1) is 5.82 Å². The zero-order valence-electron chi connectivity index (χ0n) is 9.72. The minimum atomic E-state index is -0.769. The number of benzene rings is 1. The Balaban J connectivity index is 2.35. The highest BCUT2D eigenvalue weighted by atomic mass is 35.5. The van der Waals surface area contributed by atoms with Crippen molar-refractivity contribution in [2.45, 2.75) is 18.7 Å². The lowest BCUT2D eigenvalue weighted by Gasteiger charge is -2.18. The fraction of sp³-hybridized carbons (Fsp3) is 0.333. The summed E-state index contributed by atoms with van der Waals surface area (Å²) in [6, 6.07) is 2.62. The van der Waals surface area contributed by atoms with Crippen LogP contribution in [-0.4, -0.2) is 23.7 Å². The summed E-state index contributed by atoms with van der Waals surface area (Å²) in [6.07, 6.45) is 0.581. The average Bonchev–Trinajstić information content (AvgIpc) is 2.31. The predicted octanol–water partition coefficient (Wildman–Crippen LogP) is 1.68. The number of hydrogen-bond donors (Lipinski definition) is 2. The third kappa shape index (κ3) is 2.46. The maximum Gasteiger partial charge on any atom is 0.251 e. The molecule has 0 radical (unpaired) electrons. The summed E-state index contributed by atoms with van der Waals surface area (Å²) in [7, 11) is 0. The maximum atomic E-state index is 13.7. The third-order valence-corrected chi connectivity index (χ3v) is 2.93. The summed E-state index contributed by atoms with van der Waals surface area (Å²) in [5.74, 6) is -1.33. The fourth-order valence-corrected chi connectivity index (χ4v) is 1.82. The second-order valence-corrected chi connectivity index (χ2v) is 4.76. The predicted molar refractivity (Wildman–Crippen MR) is 66.4 cm³/mol. The highest BCUT2D eigenvalue weighted by molar-refractivity contribution is 6.32. The largest absolute Gasteiger partial charge is 0.352 e. The maximum absolute atomic E-state index is 13.7. The van der Waals surface area contributed by atoms with Crippen LogP contribution in [0.25, 0.3) is 0 Å². The molecule has 1 aromatic rings. The van der Waals surface area contributed by atoms with Gasteiger partial charge in [0.25, 0.3) is 5.91 Å². The molecule has 1 aromatic carbocycles. The summed E-state index contributed by atoms with van der Waals surface area (Å²) in [4.78, 5) is 23.0. The summed E-state index contributed by atoms with van der Waals surface area (Å²) in [6.45, 7) is 1.98. The van der Waals surface area contributed by atoms with E-state index in [0.717, 1.165) is 0 Å². The highest BCUT2D eigenvalue weighted by Gasteiger charge is 2.20. The first-order valence-electron chi connectivity index (χ1n) is 5.54. The number of rotatable bonds is 2. The van der Waals surface area contributed by atoms with E-state index in [1.165, 1.54) is 19.1 Å². The summed E-state index contributed by atoms with van der Waals surface area (Å²) in [5.41, 5.74) is 1.01. The molecule has 2 N–H and O–H groups in total. The van der Waals surface area contributed by atoms with E-state index >= 15 is 0 Å². The molecule has 4 nitrogen and oxygen atoms in total. The molecule has 2 rings (SSSR count). The van der Waals surface area contributed by atoms with Crippen LogP contribution in [0.5, 0.6) is 0 Å². The first-order valence-corrected chi connectivity index (χ1v) is 5.98. The number of carbonyl (C=O) groups is 2. The van der Waals surface area contributed by atoms with Crippen molar-refractivity contribution in [2.24, 2.45) is 0 Å². The molecule has 1 heterocycles. The smallest absolute Gasteiger partial charge is 0.251 e. The number of fused-ring (bicyclic) bond motifs is 1. The fourth-order valence-electron chi connectivity index (χ4n) is 1.77. The molecule has 1 unspecified atom stereocenters. The van der Waals surface area contributed by atoms with Gasteiger partial charge < -0.3 is 10.6 Å². The number of nitrogens with one attached hydrogen (secondary N) is 2. The van der Waals surface area contributed by atoms with Gasteiger partial charge in [0.1, 0.15) is 11.2 Å². The molecule has 0 fully saturated rings. The monoisotopic (exact) mass is 270 g/mol. The lowest BCUT2D eigenvalue weighted by Crippen LogP contribution is -2.32. The Hall–Kier alpha value is -1.62. The quantitative estimate of drug-likeness (QED) is 0.804. The van der Waals surface area contributed by atoms with Gasteiger partial charge >= 0.3 is 0 Å². The molecule has 96 valence electrons. The van der Waals surface area contributed by atoms with Gasteiger partial charge in [0, 0.05) is 12.1 Å². The van der Waals surface area contributed by atoms with Crippen molar-refractivity contribution in [3.8, 4) is 0 Å². The van der Waals surface area contributed by atoms with E-state index in [-0.39, 0.29) is 11.6 Å². The molecular formula is C12H12ClFN2O2. The van der Waals surface area contributed by atoms with Gasteiger partial charge in [0.15, 0.2) is 0 Å². The van der Waals surface area contributed by atoms with Gasteiger partial charge in [-0.25, -0.2) is 4.39 Å². The molecule has 0 spiro atoms. The minimum Gasteiger partial charge on any atom is -0.352 e. The van der Waals surface area contributed by atoms with E-state index in [4.69, 9.17) is 11.6 Å². The summed E-state index contributed by atoms with van der Waals surface area (Å²) < 4.78 is 13.7. The molecule has 6 heteroatoms. The molecule has 18 heavy (non-hydrogen) atoms. The minimum absolute atomic E-state index is 0.0247. The van der Waals surface area contributed by atoms with Gasteiger partial charge in [-0.05, 0) is 31.0 Å². The van der Waals surface area contributed by atoms with E-state index in [9.17, 15) is 14.0 Å². The van der Waals surface area contributed by atoms with E-state index in [1.807, 2.05) is 0 Å². The van der Waals surface area contributed by atoms with Crippen LogP contribution >= 0.6 is 11.6 Å². The molecule has 1 aliphatic rings. The molecule has 1 atom stereocenters. The molecular weight excluding hydrogens is 259 g/mol. The van der Waals surface area contributed by atoms with Crippen molar-refractivity contribution in [1.29, 1.82) is 0 Å². The average molecular weight is 271 g/mol. The third-order valence-electron chi connectivity index (χ3n) is 2.74. The molecule has 2 amide bonds. The molecule has 0 aliphatic carbocycles. The lowest BCUT2D eigenvalue weighted by atomic mass is 9.99. The Morgan fingerprint density at radius 2 is 2.28 bits per heavy atom. The van der Waals surface area contributed by atoms with Gasteiger partial charge in [0.2, 0.25) is 5.91 Å². The number of alkyl halides is 1. The number of anilines is 1. The van der Waals surface area contributed by atoms with Crippen LogP contribution in [0.2, 0.25) is 0 Å². The van der Waals surface area contributed by atoms with E-state index in [2.05, 4.69) is 10.6 Å². The molecule has 1 aliphatic heterocycles. The van der Waals surface area contributed by atoms with E-state index in [1.54, 1.807) is 0 Å². The van der Waals surface area contributed by atoms with Crippen molar-refractivity contribution >= 4 is 29.1 Å². The molecule has 0 bridgehead atoms. The number of amides is 2. The number of carbonyl (C=O) groups excluding carboxylic acids is 2. The highest BCUT2D eigenvalue weighted by Crippen LogP contribution is 2.23. The van der Waals surface area contributed by atoms with Crippen molar-refractivity contribution in [2.75, 3.05) is 11.9 Å². The van der Waals surface area contributed by atoms with Crippen molar-refractivity contribution in [1.82, 2.24) is 5.32 Å². The Morgan fingerprint density at radius 3 is 2.94 bits per heavy atom. The van der Waals surface area contributed by atoms with Crippen molar-refractivity contribution in [3.05, 3.63) is 29.1 Å². The van der Waals surface area contributed by atoms with Crippen LogP contribution < -0.4 is 10.6 Å². The topological polar surface area (TPSA) is 58.2 Å². The second-order valence-electron chi connectivity index (χ2n) is 4.10. The van der Waals surface area contributed by atoms with E-state index in [0.29, 0.717) is 24.1 Å². The van der Waals surface area contributed by atoms with Crippen molar-refractivity contribution in [3.63, 3.8) is 0 Å². The van der Waals surface area contributed by atoms with Gasteiger partial charge in [0.05, 0.1) is 5.69 Å².